The van der Waals surface area contributed by atoms with E-state index in [0.717, 1.165) is 17.9 Å². The molecule has 0 amide bonds. The van der Waals surface area contributed by atoms with E-state index in [1.165, 1.54) is 0 Å². The zero-order chi connectivity index (χ0) is 9.64. The number of nitrogens with one attached hydrogen (secondary N) is 1. The van der Waals surface area contributed by atoms with Crippen molar-refractivity contribution in [3.63, 3.8) is 0 Å². The van der Waals surface area contributed by atoms with Crippen LogP contribution >= 0.6 is 0 Å². The Hall–Kier alpha value is -1.77. The van der Waals surface area contributed by atoms with E-state index in [0.29, 0.717) is 6.61 Å². The van der Waals surface area contributed by atoms with Crippen molar-refractivity contribution in [1.82, 2.24) is 9.97 Å². The molecule has 3 heteroatoms. The van der Waals surface area contributed by atoms with Gasteiger partial charge < -0.3 is 9.72 Å². The maximum absolute atomic E-state index is 5.51. The van der Waals surface area contributed by atoms with Gasteiger partial charge in [0.05, 0.1) is 18.6 Å². The zero-order valence-corrected chi connectivity index (χ0v) is 7.73. The van der Waals surface area contributed by atoms with Gasteiger partial charge in [-0.1, -0.05) is 12.1 Å². The van der Waals surface area contributed by atoms with Gasteiger partial charge in [0.25, 0.3) is 0 Å². The molecule has 71 valence electrons. The number of aromatic nitrogens is 2. The smallest absolute Gasteiger partial charge is 0.119 e. The molecule has 0 saturated carbocycles. The first-order chi connectivity index (χ1) is 6.95. The molecule has 3 nitrogen and oxygen atoms in total. The van der Waals surface area contributed by atoms with Crippen molar-refractivity contribution < 1.29 is 4.74 Å². The number of ether oxygens (including phenoxy) is 1. The summed E-state index contributed by atoms with van der Waals surface area (Å²) in [6.07, 6.45) is 4.37. The molecule has 1 N–H and O–H groups in total. The minimum atomic E-state index is 0.648. The lowest BCUT2D eigenvalue weighted by Gasteiger charge is -2.03. The monoisotopic (exact) mass is 187 g/mol. The van der Waals surface area contributed by atoms with Crippen LogP contribution < -0.4 is 4.74 Å². The van der Waals surface area contributed by atoms with Crippen LogP contribution in [0.25, 0.3) is 0 Å². The van der Waals surface area contributed by atoms with Gasteiger partial charge in [0.2, 0.25) is 0 Å². The van der Waals surface area contributed by atoms with E-state index in [-0.39, 0.29) is 0 Å². The van der Waals surface area contributed by atoms with E-state index in [9.17, 15) is 0 Å². The number of hydrogen-bond donors (Lipinski definition) is 1. The lowest BCUT2D eigenvalue weighted by molar-refractivity contribution is 0.320. The largest absolute Gasteiger partial charge is 0.493 e. The third kappa shape index (κ3) is 2.36. The summed E-state index contributed by atoms with van der Waals surface area (Å²) in [6.45, 7) is 0.648. The predicted molar refractivity (Wildman–Crippen MR) is 53.1 cm³/mol. The van der Waals surface area contributed by atoms with Crippen molar-refractivity contribution in [2.45, 2.75) is 6.42 Å². The molecule has 0 bridgehead atoms. The predicted octanol–water partition coefficient (Wildman–Crippen LogP) is 1.83. The van der Waals surface area contributed by atoms with Gasteiger partial charge >= 0.3 is 0 Å². The minimum Gasteiger partial charge on any atom is -0.493 e. The maximum Gasteiger partial charge on any atom is 0.119 e. The van der Waals surface area contributed by atoms with Crippen molar-refractivity contribution in [3.05, 3.63) is 48.5 Å². The first-order valence-corrected chi connectivity index (χ1v) is 4.52. The number of H-pyrrole nitrogens is 1. The lowest BCUT2D eigenvalue weighted by Crippen LogP contribution is -2.01. The molecule has 0 aliphatic heterocycles. The molecule has 14 heavy (non-hydrogen) atoms. The van der Waals surface area contributed by atoms with Crippen LogP contribution in [0.3, 0.4) is 0 Å². The van der Waals surface area contributed by atoms with Crippen molar-refractivity contribution >= 4 is 0 Å². The molecular weight excluding hydrogens is 176 g/mol. The summed E-state index contributed by atoms with van der Waals surface area (Å²) < 4.78 is 5.51. The van der Waals surface area contributed by atoms with Crippen LogP contribution in [0.5, 0.6) is 5.75 Å². The first kappa shape index (κ1) is 8.81. The van der Waals surface area contributed by atoms with Crippen LogP contribution in [0.4, 0.5) is 0 Å². The summed E-state index contributed by atoms with van der Waals surface area (Å²) in [5.74, 6) is 0.874. The quantitative estimate of drug-likeness (QED) is 0.793. The van der Waals surface area contributed by atoms with Gasteiger partial charge in [0.1, 0.15) is 5.75 Å². The fourth-order valence-corrected chi connectivity index (χ4v) is 1.17. The Morgan fingerprint density at radius 1 is 1.36 bits per heavy atom. The normalized spacial score (nSPS) is 10.0. The number of aromatic amines is 1. The second-order valence-electron chi connectivity index (χ2n) is 2.89. The second kappa shape index (κ2) is 4.46. The minimum absolute atomic E-state index is 0.648. The van der Waals surface area contributed by atoms with Gasteiger partial charge in [-0.15, -0.1) is 0 Å². The van der Waals surface area contributed by atoms with Gasteiger partial charge in [-0.2, -0.15) is 0 Å². The Kier molecular flexibility index (Phi) is 2.81. The van der Waals surface area contributed by atoms with E-state index in [1.54, 1.807) is 6.33 Å². The Bertz CT molecular complexity index is 356. The molecule has 1 heterocycles. The van der Waals surface area contributed by atoms with Crippen molar-refractivity contribution in [2.24, 2.45) is 0 Å². The SMILES string of the molecule is [c]1ccc(OCCc2c[nH]cn2)cc1. The highest BCUT2D eigenvalue weighted by Crippen LogP contribution is 2.08. The maximum atomic E-state index is 5.51. The summed E-state index contributed by atoms with van der Waals surface area (Å²) in [4.78, 5) is 7.01. The molecule has 0 spiro atoms. The summed E-state index contributed by atoms with van der Waals surface area (Å²) in [7, 11) is 0. The van der Waals surface area contributed by atoms with E-state index in [2.05, 4.69) is 16.0 Å². The number of nitrogens with zero attached hydrogens (tertiary/aromatic N) is 1. The molecule has 0 saturated heterocycles. The van der Waals surface area contributed by atoms with E-state index in [4.69, 9.17) is 4.74 Å². The molecular formula is C11H11N2O. The highest BCUT2D eigenvalue weighted by atomic mass is 16.5. The number of hydrogen-bond acceptors (Lipinski definition) is 2. The van der Waals surface area contributed by atoms with Gasteiger partial charge in [0, 0.05) is 12.6 Å². The third-order valence-corrected chi connectivity index (χ3v) is 1.87. The van der Waals surface area contributed by atoms with Crippen molar-refractivity contribution in [2.75, 3.05) is 6.61 Å². The van der Waals surface area contributed by atoms with Crippen LogP contribution in [0, 0.1) is 6.07 Å². The third-order valence-electron chi connectivity index (χ3n) is 1.87. The Morgan fingerprint density at radius 2 is 2.21 bits per heavy atom. The number of rotatable bonds is 4. The van der Waals surface area contributed by atoms with Crippen LogP contribution in [-0.4, -0.2) is 16.6 Å². The summed E-state index contributed by atoms with van der Waals surface area (Å²) in [5.41, 5.74) is 1.02. The molecule has 0 fully saturated rings. The highest BCUT2D eigenvalue weighted by molar-refractivity contribution is 5.20. The average Bonchev–Trinajstić information content (AvgIpc) is 2.72. The highest BCUT2D eigenvalue weighted by Gasteiger charge is 1.95. The average molecular weight is 187 g/mol. The van der Waals surface area contributed by atoms with Gasteiger partial charge in [0.15, 0.2) is 0 Å². The molecule has 2 aromatic rings. The summed E-state index contributed by atoms with van der Waals surface area (Å²) in [6, 6.07) is 10.4. The molecule has 0 atom stereocenters. The molecule has 0 aliphatic rings. The zero-order valence-electron chi connectivity index (χ0n) is 7.73. The Morgan fingerprint density at radius 3 is 2.93 bits per heavy atom. The van der Waals surface area contributed by atoms with Crippen LogP contribution in [0.15, 0.2) is 36.8 Å². The number of benzene rings is 1. The van der Waals surface area contributed by atoms with E-state index in [1.807, 2.05) is 30.5 Å². The Labute approximate surface area is 82.8 Å². The van der Waals surface area contributed by atoms with Crippen molar-refractivity contribution in [3.8, 4) is 5.75 Å². The summed E-state index contributed by atoms with van der Waals surface area (Å²) >= 11 is 0. The summed E-state index contributed by atoms with van der Waals surface area (Å²) in [5, 5.41) is 0. The molecule has 0 aliphatic carbocycles. The van der Waals surface area contributed by atoms with Gasteiger partial charge in [-0.25, -0.2) is 4.98 Å². The van der Waals surface area contributed by atoms with E-state index < -0.39 is 0 Å². The standard InChI is InChI=1S/C11H11N2O/c1-2-4-11(5-3-1)14-7-6-10-8-12-9-13-10/h2-5,8-9H,6-7H2,(H,12,13). The van der Waals surface area contributed by atoms with Crippen LogP contribution in [-0.2, 0) is 6.42 Å². The Balaban J connectivity index is 1.79. The topological polar surface area (TPSA) is 37.9 Å². The number of imidazole rings is 1. The molecule has 0 unspecified atom stereocenters. The first-order valence-electron chi connectivity index (χ1n) is 4.52. The molecule has 1 aromatic carbocycles. The fraction of sp³-hybridized carbons (Fsp3) is 0.182. The van der Waals surface area contributed by atoms with E-state index >= 15 is 0 Å². The molecule has 1 radical (unpaired) electrons. The van der Waals surface area contributed by atoms with Crippen LogP contribution in [0.1, 0.15) is 5.69 Å². The lowest BCUT2D eigenvalue weighted by atomic mass is 10.3. The fourth-order valence-electron chi connectivity index (χ4n) is 1.17. The second-order valence-corrected chi connectivity index (χ2v) is 2.89. The van der Waals surface area contributed by atoms with Crippen molar-refractivity contribution in [1.29, 1.82) is 0 Å². The molecule has 1 aromatic heterocycles. The van der Waals surface area contributed by atoms with Crippen LogP contribution in [0.2, 0.25) is 0 Å². The van der Waals surface area contributed by atoms with Gasteiger partial charge in [-0.3, -0.25) is 0 Å². The molecule has 2 rings (SSSR count). The van der Waals surface area contributed by atoms with Gasteiger partial charge in [-0.05, 0) is 18.2 Å².